The number of rotatable bonds is 0. The van der Waals surface area contributed by atoms with E-state index in [9.17, 15) is 5.21 Å². The maximum absolute atomic E-state index is 11.0. The maximum Gasteiger partial charge on any atom is 0.423 e. The third kappa shape index (κ3) is 0.960. The number of aromatic nitrogens is 1. The van der Waals surface area contributed by atoms with Crippen LogP contribution >= 0.6 is 0 Å². The first-order chi connectivity index (χ1) is 5.38. The number of fused-ring (bicyclic) bond motifs is 1. The minimum absolute atomic E-state index is 0.263. The number of pyridine rings is 1. The first-order valence-corrected chi connectivity index (χ1v) is 3.36. The summed E-state index contributed by atoms with van der Waals surface area (Å²) in [7, 11) is 0. The molecule has 0 atom stereocenters. The lowest BCUT2D eigenvalue weighted by Crippen LogP contribution is -2.32. The van der Waals surface area contributed by atoms with Crippen molar-refractivity contribution in [2.75, 3.05) is 13.2 Å². The van der Waals surface area contributed by atoms with Gasteiger partial charge in [-0.3, -0.25) is 0 Å². The molecule has 0 saturated heterocycles. The Hall–Kier alpha value is -1.45. The summed E-state index contributed by atoms with van der Waals surface area (Å²) >= 11 is 0. The molecule has 58 valence electrons. The molecule has 0 saturated carbocycles. The molecule has 4 nitrogen and oxygen atoms in total. The lowest BCUT2D eigenvalue weighted by Gasteiger charge is -2.15. The lowest BCUT2D eigenvalue weighted by atomic mass is 10.4. The summed E-state index contributed by atoms with van der Waals surface area (Å²) in [6.07, 6.45) is 1.38. The van der Waals surface area contributed by atoms with E-state index in [0.717, 1.165) is 0 Å². The number of hydrogen-bond donors (Lipinski definition) is 0. The summed E-state index contributed by atoms with van der Waals surface area (Å²) in [6.45, 7) is 0.955. The monoisotopic (exact) mass is 153 g/mol. The Bertz CT molecular complexity index is 274. The van der Waals surface area contributed by atoms with Crippen LogP contribution in [0.5, 0.6) is 11.6 Å². The molecule has 1 aliphatic rings. The molecule has 0 aromatic carbocycles. The zero-order valence-electron chi connectivity index (χ0n) is 5.82. The largest absolute Gasteiger partial charge is 0.616 e. The normalized spacial score (nSPS) is 14.5. The molecular formula is C7H7NO3. The van der Waals surface area contributed by atoms with Gasteiger partial charge in [0.1, 0.15) is 13.2 Å². The van der Waals surface area contributed by atoms with Crippen LogP contribution in [-0.2, 0) is 0 Å². The van der Waals surface area contributed by atoms with Crippen LogP contribution in [0.15, 0.2) is 18.3 Å². The minimum Gasteiger partial charge on any atom is -0.616 e. The highest BCUT2D eigenvalue weighted by Crippen LogP contribution is 2.24. The van der Waals surface area contributed by atoms with Crippen LogP contribution in [0, 0.1) is 5.21 Å². The van der Waals surface area contributed by atoms with Gasteiger partial charge in [-0.05, 0) is 6.07 Å². The van der Waals surface area contributed by atoms with Crippen LogP contribution in [0.4, 0.5) is 0 Å². The highest BCUT2D eigenvalue weighted by molar-refractivity contribution is 5.29. The van der Waals surface area contributed by atoms with E-state index in [-0.39, 0.29) is 5.88 Å². The third-order valence-corrected chi connectivity index (χ3v) is 1.46. The van der Waals surface area contributed by atoms with E-state index in [2.05, 4.69) is 0 Å². The molecule has 0 radical (unpaired) electrons. The van der Waals surface area contributed by atoms with Gasteiger partial charge in [0, 0.05) is 6.07 Å². The summed E-state index contributed by atoms with van der Waals surface area (Å²) in [4.78, 5) is 0. The van der Waals surface area contributed by atoms with E-state index in [1.807, 2.05) is 0 Å². The van der Waals surface area contributed by atoms with Gasteiger partial charge in [0.15, 0.2) is 6.20 Å². The second-order valence-electron chi connectivity index (χ2n) is 2.20. The predicted octanol–water partition coefficient (Wildman–Crippen LogP) is 0.0912. The van der Waals surface area contributed by atoms with Crippen LogP contribution in [0.1, 0.15) is 0 Å². The van der Waals surface area contributed by atoms with Crippen molar-refractivity contribution >= 4 is 0 Å². The average molecular weight is 153 g/mol. The Morgan fingerprint density at radius 2 is 2.18 bits per heavy atom. The van der Waals surface area contributed by atoms with Crippen molar-refractivity contribution in [3.05, 3.63) is 23.5 Å². The SMILES string of the molecule is [O-][n+]1cccc2c1OCCO2. The van der Waals surface area contributed by atoms with Crippen molar-refractivity contribution in [3.63, 3.8) is 0 Å². The molecule has 2 heterocycles. The van der Waals surface area contributed by atoms with Crippen molar-refractivity contribution in [2.24, 2.45) is 0 Å². The highest BCUT2D eigenvalue weighted by Gasteiger charge is 2.19. The van der Waals surface area contributed by atoms with Gasteiger partial charge >= 0.3 is 5.88 Å². The number of nitrogens with zero attached hydrogens (tertiary/aromatic N) is 1. The topological polar surface area (TPSA) is 45.4 Å². The van der Waals surface area contributed by atoms with Crippen LogP contribution in [0.25, 0.3) is 0 Å². The Kier molecular flexibility index (Phi) is 1.31. The lowest BCUT2D eigenvalue weighted by molar-refractivity contribution is -0.614. The first kappa shape index (κ1) is 6.27. The van der Waals surface area contributed by atoms with E-state index in [4.69, 9.17) is 9.47 Å². The second kappa shape index (κ2) is 2.30. The van der Waals surface area contributed by atoms with Gasteiger partial charge in [0.05, 0.1) is 0 Å². The molecule has 1 aromatic heterocycles. The Morgan fingerprint density at radius 1 is 1.36 bits per heavy atom. The van der Waals surface area contributed by atoms with Crippen molar-refractivity contribution in [1.29, 1.82) is 0 Å². The molecule has 2 rings (SSSR count). The summed E-state index contributed by atoms with van der Waals surface area (Å²) in [5.74, 6) is 0.785. The standard InChI is InChI=1S/C7H7NO3/c9-8-3-1-2-6-7(8)11-5-4-10-6/h1-3H,4-5H2. The fourth-order valence-corrected chi connectivity index (χ4v) is 0.991. The van der Waals surface area contributed by atoms with Crippen LogP contribution < -0.4 is 14.2 Å². The van der Waals surface area contributed by atoms with Gasteiger partial charge in [0.25, 0.3) is 0 Å². The Balaban J connectivity index is 2.49. The van der Waals surface area contributed by atoms with Gasteiger partial charge < -0.3 is 14.7 Å². The molecule has 0 unspecified atom stereocenters. The van der Waals surface area contributed by atoms with Crippen molar-refractivity contribution in [1.82, 2.24) is 0 Å². The minimum atomic E-state index is 0.263. The summed E-state index contributed by atoms with van der Waals surface area (Å²) in [5.41, 5.74) is 0. The zero-order valence-corrected chi connectivity index (χ0v) is 5.82. The highest BCUT2D eigenvalue weighted by atomic mass is 16.6. The van der Waals surface area contributed by atoms with E-state index in [1.165, 1.54) is 6.20 Å². The molecule has 0 amide bonds. The number of hydrogen-bond acceptors (Lipinski definition) is 3. The molecule has 4 heteroatoms. The smallest absolute Gasteiger partial charge is 0.423 e. The van der Waals surface area contributed by atoms with Crippen LogP contribution in [0.3, 0.4) is 0 Å². The molecular weight excluding hydrogens is 146 g/mol. The first-order valence-electron chi connectivity index (χ1n) is 3.36. The predicted molar refractivity (Wildman–Crippen MR) is 36.4 cm³/mol. The van der Waals surface area contributed by atoms with E-state index < -0.39 is 0 Å². The van der Waals surface area contributed by atoms with E-state index in [1.54, 1.807) is 12.1 Å². The van der Waals surface area contributed by atoms with E-state index >= 15 is 0 Å². The Morgan fingerprint density at radius 3 is 3.00 bits per heavy atom. The second-order valence-corrected chi connectivity index (χ2v) is 2.20. The Labute approximate surface area is 63.6 Å². The molecule has 1 aliphatic heterocycles. The molecule has 0 N–H and O–H groups in total. The van der Waals surface area contributed by atoms with Gasteiger partial charge in [0.2, 0.25) is 5.75 Å². The fraction of sp³-hybridized carbons (Fsp3) is 0.286. The van der Waals surface area contributed by atoms with Gasteiger partial charge in [-0.15, -0.1) is 4.73 Å². The van der Waals surface area contributed by atoms with Crippen molar-refractivity contribution < 1.29 is 14.2 Å². The van der Waals surface area contributed by atoms with E-state index in [0.29, 0.717) is 23.7 Å². The summed E-state index contributed by atoms with van der Waals surface area (Å²) in [5, 5.41) is 11.0. The summed E-state index contributed by atoms with van der Waals surface area (Å²) < 4.78 is 10.9. The van der Waals surface area contributed by atoms with Gasteiger partial charge in [-0.2, -0.15) is 0 Å². The van der Waals surface area contributed by atoms with Crippen molar-refractivity contribution in [2.45, 2.75) is 0 Å². The molecule has 0 aliphatic carbocycles. The number of ether oxygens (including phenoxy) is 2. The molecule has 1 aromatic rings. The molecule has 11 heavy (non-hydrogen) atoms. The maximum atomic E-state index is 11.0. The van der Waals surface area contributed by atoms with Gasteiger partial charge in [-0.25, -0.2) is 0 Å². The van der Waals surface area contributed by atoms with Crippen LogP contribution in [-0.4, -0.2) is 13.2 Å². The quantitative estimate of drug-likeness (QED) is 0.392. The average Bonchev–Trinajstić information content (AvgIpc) is 2.06. The van der Waals surface area contributed by atoms with Crippen molar-refractivity contribution in [3.8, 4) is 11.6 Å². The molecule has 0 fully saturated rings. The summed E-state index contributed by atoms with van der Waals surface area (Å²) in [6, 6.07) is 3.34. The van der Waals surface area contributed by atoms with Crippen LogP contribution in [0.2, 0.25) is 0 Å². The zero-order chi connectivity index (χ0) is 7.68. The third-order valence-electron chi connectivity index (χ3n) is 1.46. The fourth-order valence-electron chi connectivity index (χ4n) is 0.991. The molecule has 0 bridgehead atoms. The van der Waals surface area contributed by atoms with Gasteiger partial charge in [-0.1, -0.05) is 0 Å². The molecule has 0 spiro atoms.